The van der Waals surface area contributed by atoms with Crippen LogP contribution in [0.1, 0.15) is 64.4 Å². The van der Waals surface area contributed by atoms with E-state index in [0.29, 0.717) is 5.56 Å². The Morgan fingerprint density at radius 3 is 2.76 bits per heavy atom. The van der Waals surface area contributed by atoms with Gasteiger partial charge in [-0.3, -0.25) is 0 Å². The quantitative estimate of drug-likeness (QED) is 0.480. The second-order valence-electron chi connectivity index (χ2n) is 8.33. The SMILES string of the molecule is [2H]C([2H])([2H])C1(O)CCOc2c1cccc2S(=O)(=O)N[C@H](c1n[nH]c(=O)o1)[C@H](C)c1c(F)ccc(C)c1C. The van der Waals surface area contributed by atoms with Gasteiger partial charge in [-0.15, -0.1) is 5.10 Å². The number of aliphatic hydroxyl groups is 1. The van der Waals surface area contributed by atoms with Crippen molar-refractivity contribution in [2.75, 3.05) is 6.61 Å². The van der Waals surface area contributed by atoms with E-state index < -0.39 is 50.9 Å². The molecule has 1 unspecified atom stereocenters. The maximum atomic E-state index is 14.9. The molecule has 3 aromatic rings. The number of aromatic amines is 1. The molecule has 0 radical (unpaired) electrons. The summed E-state index contributed by atoms with van der Waals surface area (Å²) in [5.74, 6) is -3.06. The molecule has 1 aliphatic rings. The van der Waals surface area contributed by atoms with E-state index in [4.69, 9.17) is 13.3 Å². The number of hydrogen-bond donors (Lipinski definition) is 3. The van der Waals surface area contributed by atoms with Gasteiger partial charge in [-0.25, -0.2) is 22.7 Å². The highest BCUT2D eigenvalue weighted by Gasteiger charge is 2.38. The van der Waals surface area contributed by atoms with E-state index in [-0.39, 0.29) is 35.8 Å². The Labute approximate surface area is 200 Å². The van der Waals surface area contributed by atoms with Gasteiger partial charge in [0.05, 0.1) is 12.2 Å². The number of hydrogen-bond acceptors (Lipinski definition) is 7. The summed E-state index contributed by atoms with van der Waals surface area (Å²) in [6.45, 7) is 1.93. The highest BCUT2D eigenvalue weighted by molar-refractivity contribution is 7.89. The van der Waals surface area contributed by atoms with Crippen LogP contribution in [0.5, 0.6) is 5.75 Å². The molecule has 9 nitrogen and oxygen atoms in total. The van der Waals surface area contributed by atoms with E-state index >= 15 is 0 Å². The van der Waals surface area contributed by atoms with Crippen LogP contribution in [-0.4, -0.2) is 30.3 Å². The summed E-state index contributed by atoms with van der Waals surface area (Å²) in [6, 6.07) is 5.27. The van der Waals surface area contributed by atoms with Crippen LogP contribution in [0, 0.1) is 19.7 Å². The minimum absolute atomic E-state index is 0.196. The van der Waals surface area contributed by atoms with Crippen LogP contribution in [0.25, 0.3) is 0 Å². The Kier molecular flexibility index (Phi) is 5.17. The van der Waals surface area contributed by atoms with Gasteiger partial charge >= 0.3 is 5.76 Å². The number of para-hydroxylation sites is 1. The third kappa shape index (κ3) is 4.26. The molecule has 0 spiro atoms. The third-order valence-corrected chi connectivity index (χ3v) is 7.58. The molecule has 34 heavy (non-hydrogen) atoms. The van der Waals surface area contributed by atoms with Gasteiger partial charge in [0.2, 0.25) is 15.9 Å². The first-order valence-corrected chi connectivity index (χ1v) is 12.0. The Morgan fingerprint density at radius 2 is 2.09 bits per heavy atom. The Morgan fingerprint density at radius 1 is 1.32 bits per heavy atom. The summed E-state index contributed by atoms with van der Waals surface area (Å²) in [7, 11) is -4.53. The van der Waals surface area contributed by atoms with Crippen molar-refractivity contribution in [3.05, 3.63) is 74.8 Å². The molecule has 2 aromatic carbocycles. The molecule has 0 aliphatic carbocycles. The summed E-state index contributed by atoms with van der Waals surface area (Å²) >= 11 is 0. The van der Waals surface area contributed by atoms with Gasteiger partial charge < -0.3 is 14.3 Å². The number of H-pyrrole nitrogens is 1. The van der Waals surface area contributed by atoms with Crippen molar-refractivity contribution in [1.29, 1.82) is 0 Å². The number of ether oxygens (including phenoxy) is 1. The number of nitrogens with zero attached hydrogens (tertiary/aromatic N) is 1. The molecule has 182 valence electrons. The van der Waals surface area contributed by atoms with Gasteiger partial charge in [0, 0.05) is 22.0 Å². The topological polar surface area (TPSA) is 135 Å². The second-order valence-corrected chi connectivity index (χ2v) is 10.0. The van der Waals surface area contributed by atoms with E-state index in [1.54, 1.807) is 26.8 Å². The predicted octanol–water partition coefficient (Wildman–Crippen LogP) is 2.93. The highest BCUT2D eigenvalue weighted by atomic mass is 32.2. The number of halogens is 1. The van der Waals surface area contributed by atoms with Gasteiger partial charge in [-0.05, 0) is 49.5 Å². The minimum atomic E-state index is -4.53. The number of aryl methyl sites for hydroxylation is 1. The molecule has 0 bridgehead atoms. The summed E-state index contributed by atoms with van der Waals surface area (Å²) < 4.78 is 78.6. The number of nitrogens with one attached hydrogen (secondary N) is 2. The number of fused-ring (bicyclic) bond motifs is 1. The molecule has 4 rings (SSSR count). The van der Waals surface area contributed by atoms with E-state index in [1.807, 2.05) is 0 Å². The normalized spacial score (nSPS) is 21.5. The van der Waals surface area contributed by atoms with Gasteiger partial charge in [0.15, 0.2) is 0 Å². The number of benzene rings is 2. The Bertz CT molecular complexity index is 1500. The van der Waals surface area contributed by atoms with Crippen LogP contribution >= 0.6 is 0 Å². The zero-order valence-corrected chi connectivity index (χ0v) is 19.5. The lowest BCUT2D eigenvalue weighted by molar-refractivity contribution is 0.0134. The van der Waals surface area contributed by atoms with Crippen LogP contribution in [0.2, 0.25) is 0 Å². The second kappa shape index (κ2) is 8.64. The standard InChI is InChI=1S/C23H26FN3O6S/c1-12-8-9-16(24)18(13(12)2)14(3)19(21-25-26-22(28)33-21)27-34(30,31)17-7-5-6-15-20(17)32-11-10-23(15,4)29/h5-9,14,19,27,29H,10-11H2,1-4H3,(H,26,28)/t14-,19+,23?/m1/s1/i4D3. The summed E-state index contributed by atoms with van der Waals surface area (Å²) in [4.78, 5) is 11.3. The summed E-state index contributed by atoms with van der Waals surface area (Å²) in [5.41, 5.74) is -0.976. The van der Waals surface area contributed by atoms with Crippen molar-refractivity contribution in [3.8, 4) is 5.75 Å². The molecule has 2 heterocycles. The average molecular weight is 495 g/mol. The number of sulfonamides is 1. The molecule has 0 amide bonds. The van der Waals surface area contributed by atoms with Crippen molar-refractivity contribution < 1.29 is 31.2 Å². The molecular weight excluding hydrogens is 465 g/mol. The molecule has 3 atom stereocenters. The highest BCUT2D eigenvalue weighted by Crippen LogP contribution is 2.42. The first-order valence-electron chi connectivity index (χ1n) is 12.0. The van der Waals surface area contributed by atoms with Crippen molar-refractivity contribution in [2.45, 2.75) is 56.5 Å². The van der Waals surface area contributed by atoms with E-state index in [1.165, 1.54) is 24.3 Å². The van der Waals surface area contributed by atoms with Gasteiger partial charge in [0.25, 0.3) is 0 Å². The van der Waals surface area contributed by atoms with E-state index in [9.17, 15) is 22.7 Å². The lowest BCUT2D eigenvalue weighted by Gasteiger charge is -2.32. The predicted molar refractivity (Wildman–Crippen MR) is 121 cm³/mol. The zero-order valence-electron chi connectivity index (χ0n) is 21.7. The maximum absolute atomic E-state index is 14.9. The van der Waals surface area contributed by atoms with Crippen LogP contribution < -0.4 is 15.2 Å². The average Bonchev–Trinajstić information content (AvgIpc) is 3.25. The molecule has 11 heteroatoms. The molecule has 0 saturated heterocycles. The fraction of sp³-hybridized carbons (Fsp3) is 0.391. The lowest BCUT2D eigenvalue weighted by Crippen LogP contribution is -2.35. The van der Waals surface area contributed by atoms with Crippen molar-refractivity contribution in [2.24, 2.45) is 0 Å². The van der Waals surface area contributed by atoms with Crippen LogP contribution in [0.3, 0.4) is 0 Å². The number of rotatable bonds is 6. The van der Waals surface area contributed by atoms with Crippen molar-refractivity contribution >= 4 is 10.0 Å². The molecular formula is C23H26FN3O6S. The van der Waals surface area contributed by atoms with Gasteiger partial charge in [0.1, 0.15) is 22.5 Å². The Hall–Kier alpha value is -3.02. The van der Waals surface area contributed by atoms with Crippen molar-refractivity contribution in [3.63, 3.8) is 0 Å². The first-order chi connectivity index (χ1) is 17.2. The molecule has 3 N–H and O–H groups in total. The first kappa shape index (κ1) is 20.4. The van der Waals surface area contributed by atoms with E-state index in [2.05, 4.69) is 14.9 Å². The van der Waals surface area contributed by atoms with Gasteiger partial charge in [-0.1, -0.05) is 25.1 Å². The fourth-order valence-corrected chi connectivity index (χ4v) is 5.58. The van der Waals surface area contributed by atoms with Crippen LogP contribution in [0.4, 0.5) is 4.39 Å². The Balaban J connectivity index is 1.83. The molecule has 0 fully saturated rings. The molecule has 1 aromatic heterocycles. The van der Waals surface area contributed by atoms with Crippen molar-refractivity contribution in [1.82, 2.24) is 14.9 Å². The lowest BCUT2D eigenvalue weighted by atomic mass is 9.88. The maximum Gasteiger partial charge on any atom is 0.434 e. The van der Waals surface area contributed by atoms with E-state index in [0.717, 1.165) is 5.56 Å². The fourth-order valence-electron chi connectivity index (χ4n) is 4.14. The monoisotopic (exact) mass is 494 g/mol. The molecule has 0 saturated carbocycles. The molecule has 1 aliphatic heterocycles. The smallest absolute Gasteiger partial charge is 0.434 e. The third-order valence-electron chi connectivity index (χ3n) is 6.11. The summed E-state index contributed by atoms with van der Waals surface area (Å²) in [5, 5.41) is 16.8. The number of aromatic nitrogens is 2. The van der Waals surface area contributed by atoms with Crippen LogP contribution in [0.15, 0.2) is 44.4 Å². The zero-order chi connectivity index (χ0) is 27.3. The van der Waals surface area contributed by atoms with Gasteiger partial charge in [-0.2, -0.15) is 4.72 Å². The largest absolute Gasteiger partial charge is 0.492 e. The van der Waals surface area contributed by atoms with Crippen LogP contribution in [-0.2, 0) is 15.6 Å². The minimum Gasteiger partial charge on any atom is -0.492 e. The summed E-state index contributed by atoms with van der Waals surface area (Å²) in [6.07, 6.45) is -0.266.